The summed E-state index contributed by atoms with van der Waals surface area (Å²) in [5.41, 5.74) is 1.01. The average molecular weight is 267 g/mol. The van der Waals surface area contributed by atoms with E-state index in [1.165, 1.54) is 5.39 Å². The molecule has 0 fully saturated rings. The van der Waals surface area contributed by atoms with Gasteiger partial charge in [0, 0.05) is 11.4 Å². The summed E-state index contributed by atoms with van der Waals surface area (Å²) in [6.07, 6.45) is 0. The third-order valence-corrected chi connectivity index (χ3v) is 3.20. The van der Waals surface area contributed by atoms with Crippen molar-refractivity contribution in [2.24, 2.45) is 0 Å². The van der Waals surface area contributed by atoms with Gasteiger partial charge in [0.15, 0.2) is 5.82 Å². The van der Waals surface area contributed by atoms with E-state index in [4.69, 9.17) is 0 Å². The van der Waals surface area contributed by atoms with Crippen LogP contribution in [0.15, 0.2) is 42.5 Å². The molecule has 0 unspecified atom stereocenters. The molecular formula is C15H17N5. The minimum absolute atomic E-state index is 0.396. The fourth-order valence-corrected chi connectivity index (χ4v) is 2.19. The van der Waals surface area contributed by atoms with Gasteiger partial charge in [0.05, 0.1) is 12.2 Å². The van der Waals surface area contributed by atoms with Gasteiger partial charge in [-0.1, -0.05) is 50.2 Å². The van der Waals surface area contributed by atoms with Crippen LogP contribution in [-0.4, -0.2) is 26.2 Å². The van der Waals surface area contributed by atoms with Crippen molar-refractivity contribution in [3.63, 3.8) is 0 Å². The topological polar surface area (TPSA) is 55.6 Å². The van der Waals surface area contributed by atoms with Crippen molar-refractivity contribution < 1.29 is 0 Å². The molecule has 0 spiro atoms. The van der Waals surface area contributed by atoms with Crippen molar-refractivity contribution >= 4 is 10.8 Å². The molecule has 1 aromatic heterocycles. The van der Waals surface area contributed by atoms with Gasteiger partial charge in [0.1, 0.15) is 0 Å². The first kappa shape index (κ1) is 12.7. The number of aromatic nitrogens is 4. The van der Waals surface area contributed by atoms with Crippen LogP contribution in [0.1, 0.15) is 19.7 Å². The molecule has 2 aromatic carbocycles. The summed E-state index contributed by atoms with van der Waals surface area (Å²) in [6.45, 7) is 4.85. The Labute approximate surface area is 117 Å². The van der Waals surface area contributed by atoms with E-state index < -0.39 is 0 Å². The predicted octanol–water partition coefficient (Wildman–Crippen LogP) is 2.31. The molecule has 0 aliphatic carbocycles. The molecule has 3 rings (SSSR count). The standard InChI is InChI=1S/C15H17N5/c1-11(2)16-10-15-17-18-19-20(15)14-9-5-7-12-6-3-4-8-13(12)14/h3-9,11,16H,10H2,1-2H3. The largest absolute Gasteiger partial charge is 0.308 e. The van der Waals surface area contributed by atoms with Crippen molar-refractivity contribution in [2.75, 3.05) is 0 Å². The first-order valence-corrected chi connectivity index (χ1v) is 6.74. The first-order chi connectivity index (χ1) is 9.75. The molecule has 1 heterocycles. The van der Waals surface area contributed by atoms with Crippen molar-refractivity contribution in [1.29, 1.82) is 0 Å². The van der Waals surface area contributed by atoms with E-state index in [0.717, 1.165) is 16.9 Å². The SMILES string of the molecule is CC(C)NCc1nnnn1-c1cccc2ccccc12. The van der Waals surface area contributed by atoms with Gasteiger partial charge >= 0.3 is 0 Å². The lowest BCUT2D eigenvalue weighted by Gasteiger charge is -2.10. The lowest BCUT2D eigenvalue weighted by atomic mass is 10.1. The molecule has 3 aromatic rings. The second-order valence-electron chi connectivity index (χ2n) is 5.04. The lowest BCUT2D eigenvalue weighted by Crippen LogP contribution is -2.24. The molecule has 20 heavy (non-hydrogen) atoms. The van der Waals surface area contributed by atoms with Crippen molar-refractivity contribution in [3.05, 3.63) is 48.3 Å². The quantitative estimate of drug-likeness (QED) is 0.788. The summed E-state index contributed by atoms with van der Waals surface area (Å²) in [7, 11) is 0. The van der Waals surface area contributed by atoms with E-state index >= 15 is 0 Å². The summed E-state index contributed by atoms with van der Waals surface area (Å²) in [5, 5.41) is 17.7. The zero-order chi connectivity index (χ0) is 13.9. The van der Waals surface area contributed by atoms with E-state index in [-0.39, 0.29) is 0 Å². The van der Waals surface area contributed by atoms with Crippen LogP contribution in [-0.2, 0) is 6.54 Å². The Balaban J connectivity index is 2.05. The Morgan fingerprint density at radius 1 is 1.10 bits per heavy atom. The second kappa shape index (κ2) is 5.38. The number of nitrogens with zero attached hydrogens (tertiary/aromatic N) is 4. The number of nitrogens with one attached hydrogen (secondary N) is 1. The van der Waals surface area contributed by atoms with E-state index in [0.29, 0.717) is 12.6 Å². The van der Waals surface area contributed by atoms with E-state index in [1.54, 1.807) is 4.68 Å². The Bertz CT molecular complexity index is 712. The smallest absolute Gasteiger partial charge is 0.170 e. The van der Waals surface area contributed by atoms with Crippen LogP contribution >= 0.6 is 0 Å². The van der Waals surface area contributed by atoms with Gasteiger partial charge in [0.2, 0.25) is 0 Å². The Morgan fingerprint density at radius 3 is 2.75 bits per heavy atom. The summed E-state index contributed by atoms with van der Waals surface area (Å²) >= 11 is 0. The van der Waals surface area contributed by atoms with Crippen LogP contribution < -0.4 is 5.32 Å². The number of hydrogen-bond donors (Lipinski definition) is 1. The van der Waals surface area contributed by atoms with Gasteiger partial charge in [-0.25, -0.2) is 0 Å². The van der Waals surface area contributed by atoms with Crippen LogP contribution in [0.25, 0.3) is 16.5 Å². The third-order valence-electron chi connectivity index (χ3n) is 3.20. The summed E-state index contributed by atoms with van der Waals surface area (Å²) in [5.74, 6) is 0.815. The molecule has 0 aliphatic rings. The Morgan fingerprint density at radius 2 is 1.90 bits per heavy atom. The molecule has 0 aliphatic heterocycles. The molecule has 1 N–H and O–H groups in total. The number of tetrazole rings is 1. The average Bonchev–Trinajstić information content (AvgIpc) is 2.92. The molecule has 0 saturated heterocycles. The van der Waals surface area contributed by atoms with Gasteiger partial charge in [-0.3, -0.25) is 0 Å². The zero-order valence-corrected chi connectivity index (χ0v) is 11.6. The van der Waals surface area contributed by atoms with Crippen molar-refractivity contribution in [1.82, 2.24) is 25.5 Å². The summed E-state index contributed by atoms with van der Waals surface area (Å²) in [6, 6.07) is 14.8. The molecular weight excluding hydrogens is 250 g/mol. The molecule has 0 radical (unpaired) electrons. The molecule has 0 saturated carbocycles. The second-order valence-corrected chi connectivity index (χ2v) is 5.04. The molecule has 102 valence electrons. The molecule has 0 bridgehead atoms. The lowest BCUT2D eigenvalue weighted by molar-refractivity contribution is 0.563. The van der Waals surface area contributed by atoms with Gasteiger partial charge < -0.3 is 5.32 Å². The number of rotatable bonds is 4. The molecule has 0 atom stereocenters. The highest BCUT2D eigenvalue weighted by atomic mass is 15.5. The Hall–Kier alpha value is -2.27. The normalized spacial score (nSPS) is 11.3. The zero-order valence-electron chi connectivity index (χ0n) is 11.6. The van der Waals surface area contributed by atoms with E-state index in [2.05, 4.69) is 52.9 Å². The third kappa shape index (κ3) is 2.40. The molecule has 0 amide bonds. The van der Waals surface area contributed by atoms with Crippen LogP contribution in [0.3, 0.4) is 0 Å². The first-order valence-electron chi connectivity index (χ1n) is 6.74. The van der Waals surface area contributed by atoms with Crippen LogP contribution in [0.4, 0.5) is 0 Å². The maximum atomic E-state index is 4.13. The summed E-state index contributed by atoms with van der Waals surface area (Å²) in [4.78, 5) is 0. The number of benzene rings is 2. The van der Waals surface area contributed by atoms with Crippen molar-refractivity contribution in [3.8, 4) is 5.69 Å². The fraction of sp³-hybridized carbons (Fsp3) is 0.267. The maximum absolute atomic E-state index is 4.13. The van der Waals surface area contributed by atoms with Crippen LogP contribution in [0, 0.1) is 0 Å². The van der Waals surface area contributed by atoms with Crippen LogP contribution in [0.5, 0.6) is 0 Å². The minimum Gasteiger partial charge on any atom is -0.308 e. The van der Waals surface area contributed by atoms with Crippen LogP contribution in [0.2, 0.25) is 0 Å². The predicted molar refractivity (Wildman–Crippen MR) is 78.6 cm³/mol. The highest BCUT2D eigenvalue weighted by Gasteiger charge is 2.10. The highest BCUT2D eigenvalue weighted by molar-refractivity contribution is 5.89. The van der Waals surface area contributed by atoms with Gasteiger partial charge in [-0.2, -0.15) is 4.68 Å². The fourth-order valence-electron chi connectivity index (χ4n) is 2.19. The minimum atomic E-state index is 0.396. The van der Waals surface area contributed by atoms with E-state index in [1.807, 2.05) is 24.3 Å². The van der Waals surface area contributed by atoms with Gasteiger partial charge in [-0.05, 0) is 21.9 Å². The van der Waals surface area contributed by atoms with Gasteiger partial charge in [0.25, 0.3) is 0 Å². The van der Waals surface area contributed by atoms with Crippen molar-refractivity contribution in [2.45, 2.75) is 26.4 Å². The number of hydrogen-bond acceptors (Lipinski definition) is 4. The molecule has 5 nitrogen and oxygen atoms in total. The molecule has 5 heteroatoms. The highest BCUT2D eigenvalue weighted by Crippen LogP contribution is 2.21. The summed E-state index contributed by atoms with van der Waals surface area (Å²) < 4.78 is 1.80. The number of fused-ring (bicyclic) bond motifs is 1. The van der Waals surface area contributed by atoms with Gasteiger partial charge in [-0.15, -0.1) is 5.10 Å². The monoisotopic (exact) mass is 267 g/mol. The van der Waals surface area contributed by atoms with E-state index in [9.17, 15) is 0 Å². The maximum Gasteiger partial charge on any atom is 0.170 e. The Kier molecular flexibility index (Phi) is 3.43.